The lowest BCUT2D eigenvalue weighted by Gasteiger charge is -2.44. The minimum Gasteiger partial charge on any atom is -0.490 e. The highest BCUT2D eigenvalue weighted by atomic mass is 19.1. The van der Waals surface area contributed by atoms with Gasteiger partial charge in [-0.3, -0.25) is 4.90 Å². The molecule has 230 valence electrons. The lowest BCUT2D eigenvalue weighted by molar-refractivity contribution is 0.0643. The van der Waals surface area contributed by atoms with Crippen LogP contribution < -0.4 is 14.8 Å². The first kappa shape index (κ1) is 30.0. The van der Waals surface area contributed by atoms with E-state index in [-0.39, 0.29) is 35.4 Å². The summed E-state index contributed by atoms with van der Waals surface area (Å²) in [6.45, 7) is 7.46. The first-order valence-corrected chi connectivity index (χ1v) is 15.7. The summed E-state index contributed by atoms with van der Waals surface area (Å²) in [5, 5.41) is 3.46. The van der Waals surface area contributed by atoms with Crippen molar-refractivity contribution in [2.45, 2.75) is 89.8 Å². The van der Waals surface area contributed by atoms with Gasteiger partial charge >= 0.3 is 0 Å². The van der Waals surface area contributed by atoms with E-state index in [1.54, 1.807) is 0 Å². The van der Waals surface area contributed by atoms with Gasteiger partial charge in [0.2, 0.25) is 0 Å². The van der Waals surface area contributed by atoms with E-state index in [2.05, 4.69) is 5.32 Å². The van der Waals surface area contributed by atoms with E-state index in [1.807, 2.05) is 60.4 Å². The Hall–Kier alpha value is -3.03. The zero-order valence-electron chi connectivity index (χ0n) is 25.5. The van der Waals surface area contributed by atoms with E-state index >= 15 is 13.2 Å². The summed E-state index contributed by atoms with van der Waals surface area (Å²) in [4.78, 5) is 1.90. The van der Waals surface area contributed by atoms with Crippen LogP contribution in [-0.2, 0) is 13.0 Å². The predicted molar refractivity (Wildman–Crippen MR) is 163 cm³/mol. The lowest BCUT2D eigenvalue weighted by Crippen LogP contribution is -2.48. The summed E-state index contributed by atoms with van der Waals surface area (Å²) in [6, 6.07) is 17.3. The number of fused-ring (bicyclic) bond motifs is 1. The number of hydrogen-bond acceptors (Lipinski definition) is 4. The summed E-state index contributed by atoms with van der Waals surface area (Å²) < 4.78 is 59.6. The second-order valence-corrected chi connectivity index (χ2v) is 13.5. The first-order valence-electron chi connectivity index (χ1n) is 15.7. The summed E-state index contributed by atoms with van der Waals surface area (Å²) in [6.07, 6.45) is 5.67. The molecule has 2 fully saturated rings. The van der Waals surface area contributed by atoms with Gasteiger partial charge in [0.25, 0.3) is 0 Å². The molecule has 1 spiro atoms. The largest absolute Gasteiger partial charge is 0.490 e. The highest BCUT2D eigenvalue weighted by Gasteiger charge is 2.41. The number of alkyl halides is 1. The van der Waals surface area contributed by atoms with Crippen LogP contribution in [0.3, 0.4) is 0 Å². The van der Waals surface area contributed by atoms with Gasteiger partial charge in [-0.05, 0) is 100 Å². The molecule has 1 saturated carbocycles. The fraction of sp³-hybridized carbons (Fsp3) is 0.500. The molecule has 1 N–H and O–H groups in total. The normalized spacial score (nSPS) is 26.0. The summed E-state index contributed by atoms with van der Waals surface area (Å²) in [7, 11) is 0. The Morgan fingerprint density at radius 1 is 1.00 bits per heavy atom. The molecule has 3 aliphatic rings. The van der Waals surface area contributed by atoms with Crippen molar-refractivity contribution in [3.63, 3.8) is 0 Å². The molecular weight excluding hydrogens is 549 g/mol. The topological polar surface area (TPSA) is 33.7 Å². The van der Waals surface area contributed by atoms with Gasteiger partial charge in [-0.25, -0.2) is 13.2 Å². The zero-order valence-corrected chi connectivity index (χ0v) is 25.5. The molecule has 4 nitrogen and oxygen atoms in total. The van der Waals surface area contributed by atoms with Crippen molar-refractivity contribution in [3.8, 4) is 11.5 Å². The van der Waals surface area contributed by atoms with Crippen LogP contribution in [0.2, 0.25) is 0 Å². The molecule has 2 aliphatic heterocycles. The smallest absolute Gasteiger partial charge is 0.134 e. The molecule has 1 aliphatic carbocycles. The van der Waals surface area contributed by atoms with E-state index in [4.69, 9.17) is 9.47 Å². The van der Waals surface area contributed by atoms with Crippen molar-refractivity contribution >= 4 is 0 Å². The van der Waals surface area contributed by atoms with E-state index in [0.717, 1.165) is 55.5 Å². The number of hydrogen-bond donors (Lipinski definition) is 1. The molecule has 0 bridgehead atoms. The van der Waals surface area contributed by atoms with Crippen LogP contribution in [0.1, 0.15) is 81.2 Å². The first-order chi connectivity index (χ1) is 20.6. The molecule has 1 saturated heterocycles. The van der Waals surface area contributed by atoms with E-state index < -0.39 is 23.3 Å². The van der Waals surface area contributed by atoms with Gasteiger partial charge in [0.15, 0.2) is 0 Å². The van der Waals surface area contributed by atoms with Gasteiger partial charge in [0.05, 0.1) is 12.1 Å². The van der Waals surface area contributed by atoms with Crippen LogP contribution in [0, 0.1) is 17.0 Å². The molecule has 0 radical (unpaired) electrons. The Kier molecular flexibility index (Phi) is 8.49. The van der Waals surface area contributed by atoms with Gasteiger partial charge in [-0.15, -0.1) is 0 Å². The van der Waals surface area contributed by atoms with Crippen LogP contribution in [0.15, 0.2) is 60.7 Å². The lowest BCUT2D eigenvalue weighted by atomic mass is 9.72. The Balaban J connectivity index is 1.30. The average molecular weight is 593 g/mol. The third-order valence-electron chi connectivity index (χ3n) is 9.48. The Morgan fingerprint density at radius 2 is 1.77 bits per heavy atom. The highest BCUT2D eigenvalue weighted by molar-refractivity contribution is 5.46. The molecule has 6 rings (SSSR count). The Morgan fingerprint density at radius 3 is 2.47 bits per heavy atom. The average Bonchev–Trinajstić information content (AvgIpc) is 3.40. The number of nitrogens with one attached hydrogen (secondary N) is 1. The Bertz CT molecular complexity index is 1390. The monoisotopic (exact) mass is 592 g/mol. The van der Waals surface area contributed by atoms with Gasteiger partial charge < -0.3 is 14.8 Å². The van der Waals surface area contributed by atoms with Gasteiger partial charge in [0, 0.05) is 36.8 Å². The SMILES string of the molecule is C[C@@H]1Cc2cc(OCc3ccccc3)ccc2C(c2c(F)cc(OC3CCCC4(CCNC4)C3)cc2F)N1CC(C)(C)F. The number of ether oxygens (including phenoxy) is 2. The Labute approximate surface area is 253 Å². The minimum atomic E-state index is -1.55. The number of benzene rings is 3. The van der Waals surface area contributed by atoms with E-state index in [9.17, 15) is 0 Å². The van der Waals surface area contributed by atoms with Gasteiger partial charge in [-0.1, -0.05) is 36.4 Å². The van der Waals surface area contributed by atoms with Crippen LogP contribution in [0.4, 0.5) is 13.2 Å². The summed E-state index contributed by atoms with van der Waals surface area (Å²) in [5.74, 6) is -0.420. The molecule has 0 amide bonds. The predicted octanol–water partition coefficient (Wildman–Crippen LogP) is 7.93. The van der Waals surface area contributed by atoms with Crippen molar-refractivity contribution in [1.82, 2.24) is 10.2 Å². The second-order valence-electron chi connectivity index (χ2n) is 13.5. The maximum atomic E-state index is 16.1. The van der Waals surface area contributed by atoms with Crippen molar-refractivity contribution in [1.29, 1.82) is 0 Å². The fourth-order valence-corrected chi connectivity index (χ4v) is 7.49. The molecule has 3 aromatic rings. The maximum Gasteiger partial charge on any atom is 0.134 e. The molecular formula is C36H43F3N2O2. The molecule has 7 heteroatoms. The molecule has 0 aromatic heterocycles. The number of nitrogens with zero attached hydrogens (tertiary/aromatic N) is 1. The van der Waals surface area contributed by atoms with Crippen molar-refractivity contribution < 1.29 is 22.6 Å². The highest BCUT2D eigenvalue weighted by Crippen LogP contribution is 2.45. The number of rotatable bonds is 8. The summed E-state index contributed by atoms with van der Waals surface area (Å²) in [5.41, 5.74) is 1.38. The third kappa shape index (κ3) is 6.73. The van der Waals surface area contributed by atoms with Crippen LogP contribution in [-0.4, -0.2) is 42.3 Å². The third-order valence-corrected chi connectivity index (χ3v) is 9.48. The number of halogens is 3. The van der Waals surface area contributed by atoms with Crippen molar-refractivity contribution in [3.05, 3.63) is 94.6 Å². The molecule has 43 heavy (non-hydrogen) atoms. The van der Waals surface area contributed by atoms with E-state index in [0.29, 0.717) is 18.8 Å². The molecule has 4 atom stereocenters. The van der Waals surface area contributed by atoms with Crippen LogP contribution in [0.25, 0.3) is 0 Å². The minimum absolute atomic E-state index is 0.0415. The molecule has 3 unspecified atom stereocenters. The summed E-state index contributed by atoms with van der Waals surface area (Å²) >= 11 is 0. The maximum absolute atomic E-state index is 16.1. The van der Waals surface area contributed by atoms with Crippen LogP contribution in [0.5, 0.6) is 11.5 Å². The van der Waals surface area contributed by atoms with Gasteiger partial charge in [-0.2, -0.15) is 0 Å². The second kappa shape index (κ2) is 12.2. The van der Waals surface area contributed by atoms with E-state index in [1.165, 1.54) is 32.4 Å². The quantitative estimate of drug-likeness (QED) is 0.288. The van der Waals surface area contributed by atoms with Crippen molar-refractivity contribution in [2.75, 3.05) is 19.6 Å². The van der Waals surface area contributed by atoms with Gasteiger partial charge in [0.1, 0.15) is 35.4 Å². The molecule has 2 heterocycles. The van der Waals surface area contributed by atoms with Crippen LogP contribution >= 0.6 is 0 Å². The zero-order chi connectivity index (χ0) is 30.2. The molecule has 3 aromatic carbocycles. The fourth-order valence-electron chi connectivity index (χ4n) is 7.49. The standard InChI is InChI=1S/C36H43F3N2O2/c1-24-16-26-17-27(42-21-25-8-5-4-6-9-25)11-12-30(26)34(41(24)23-35(2,3)39)33-31(37)18-29(19-32(33)38)43-28-10-7-13-36(20-28)14-15-40-22-36/h4-6,8-9,11-12,17-19,24,28,34,40H,7,10,13-16,20-23H2,1-3H3/t24-,28?,34?,36?/m1/s1. The van der Waals surface area contributed by atoms with Crippen molar-refractivity contribution in [2.24, 2.45) is 5.41 Å².